The van der Waals surface area contributed by atoms with E-state index in [0.29, 0.717) is 0 Å². The van der Waals surface area contributed by atoms with Crippen molar-refractivity contribution in [2.24, 2.45) is 0 Å². The molecule has 2 aromatic carbocycles. The zero-order valence-electron chi connectivity index (χ0n) is 9.91. The molecule has 0 amide bonds. The highest BCUT2D eigenvalue weighted by atomic mass is 19.1. The van der Waals surface area contributed by atoms with E-state index in [0.717, 1.165) is 27.9 Å². The maximum atomic E-state index is 13.2. The highest BCUT2D eigenvalue weighted by Gasteiger charge is 2.08. The van der Waals surface area contributed by atoms with Gasteiger partial charge in [-0.3, -0.25) is 0 Å². The van der Waals surface area contributed by atoms with Crippen molar-refractivity contribution in [1.82, 2.24) is 4.98 Å². The fourth-order valence-electron chi connectivity index (χ4n) is 2.12. The molecule has 3 heteroatoms. The topological polar surface area (TPSA) is 25.0 Å². The van der Waals surface area contributed by atoms with Crippen LogP contribution in [-0.4, -0.2) is 12.1 Å². The van der Waals surface area contributed by atoms with E-state index in [2.05, 4.69) is 4.98 Å². The van der Waals surface area contributed by atoms with Gasteiger partial charge in [0.2, 0.25) is 0 Å². The smallest absolute Gasteiger partial charge is 0.128 e. The molecule has 0 saturated heterocycles. The fourth-order valence-corrected chi connectivity index (χ4v) is 2.12. The molecule has 0 radical (unpaired) electrons. The molecule has 0 aliphatic heterocycles. The van der Waals surface area contributed by atoms with Crippen LogP contribution in [0.3, 0.4) is 0 Å². The molecule has 0 bridgehead atoms. The lowest BCUT2D eigenvalue weighted by Crippen LogP contribution is -1.86. The first-order valence-corrected chi connectivity index (χ1v) is 5.69. The van der Waals surface area contributed by atoms with Crippen molar-refractivity contribution >= 4 is 10.9 Å². The van der Waals surface area contributed by atoms with Crippen LogP contribution >= 0.6 is 0 Å². The molecule has 90 valence electrons. The minimum Gasteiger partial charge on any atom is -0.496 e. The lowest BCUT2D eigenvalue weighted by atomic mass is 10.1. The number of ether oxygens (including phenoxy) is 1. The molecule has 1 N–H and O–H groups in total. The summed E-state index contributed by atoms with van der Waals surface area (Å²) in [7, 11) is 1.64. The van der Waals surface area contributed by atoms with Crippen LogP contribution in [0.1, 0.15) is 0 Å². The number of hydrogen-bond donors (Lipinski definition) is 1. The third-order valence-corrected chi connectivity index (χ3v) is 2.98. The van der Waals surface area contributed by atoms with Gasteiger partial charge in [0.05, 0.1) is 12.8 Å². The maximum absolute atomic E-state index is 13.2. The van der Waals surface area contributed by atoms with Gasteiger partial charge < -0.3 is 9.72 Å². The first-order chi connectivity index (χ1) is 8.78. The summed E-state index contributed by atoms with van der Waals surface area (Å²) in [6.45, 7) is 0. The van der Waals surface area contributed by atoms with Crippen LogP contribution in [0.25, 0.3) is 22.2 Å². The highest BCUT2D eigenvalue weighted by Crippen LogP contribution is 2.31. The molecule has 0 atom stereocenters. The number of aromatic nitrogens is 1. The van der Waals surface area contributed by atoms with Gasteiger partial charge in [0.15, 0.2) is 0 Å². The van der Waals surface area contributed by atoms with Crippen molar-refractivity contribution in [3.8, 4) is 17.0 Å². The molecule has 0 aliphatic carbocycles. The molecule has 0 fully saturated rings. The van der Waals surface area contributed by atoms with E-state index in [4.69, 9.17) is 4.74 Å². The molecule has 1 aromatic heterocycles. The Bertz CT molecular complexity index is 703. The lowest BCUT2D eigenvalue weighted by Gasteiger charge is -2.05. The number of benzene rings is 2. The van der Waals surface area contributed by atoms with Gasteiger partial charge >= 0.3 is 0 Å². The van der Waals surface area contributed by atoms with Crippen LogP contribution < -0.4 is 4.74 Å². The van der Waals surface area contributed by atoms with Crippen LogP contribution in [0, 0.1) is 5.82 Å². The molecule has 2 nitrogen and oxygen atoms in total. The predicted octanol–water partition coefficient (Wildman–Crippen LogP) is 3.98. The average molecular weight is 241 g/mol. The third kappa shape index (κ3) is 1.74. The molecule has 18 heavy (non-hydrogen) atoms. The molecule has 0 unspecified atom stereocenters. The van der Waals surface area contributed by atoms with E-state index in [1.165, 1.54) is 12.1 Å². The van der Waals surface area contributed by atoms with Gasteiger partial charge in [-0.1, -0.05) is 12.1 Å². The van der Waals surface area contributed by atoms with Gasteiger partial charge in [-0.25, -0.2) is 4.39 Å². The number of aromatic amines is 1. The van der Waals surface area contributed by atoms with Gasteiger partial charge in [0.1, 0.15) is 11.6 Å². The van der Waals surface area contributed by atoms with Crippen LogP contribution in [0.4, 0.5) is 4.39 Å². The fraction of sp³-hybridized carbons (Fsp3) is 0.0667. The summed E-state index contributed by atoms with van der Waals surface area (Å²) >= 11 is 0. The van der Waals surface area contributed by atoms with Gasteiger partial charge in [0, 0.05) is 16.5 Å². The van der Waals surface area contributed by atoms with Crippen LogP contribution in [-0.2, 0) is 0 Å². The maximum Gasteiger partial charge on any atom is 0.128 e. The van der Waals surface area contributed by atoms with Gasteiger partial charge in [-0.15, -0.1) is 0 Å². The summed E-state index contributed by atoms with van der Waals surface area (Å²) in [6.07, 6.45) is 0. The quantitative estimate of drug-likeness (QED) is 0.721. The Morgan fingerprint density at radius 1 is 1.06 bits per heavy atom. The first-order valence-electron chi connectivity index (χ1n) is 5.69. The molecule has 0 aliphatic rings. The highest BCUT2D eigenvalue weighted by molar-refractivity contribution is 5.87. The van der Waals surface area contributed by atoms with Gasteiger partial charge in [-0.2, -0.15) is 0 Å². The predicted molar refractivity (Wildman–Crippen MR) is 70.2 cm³/mol. The Kier molecular flexibility index (Phi) is 2.52. The van der Waals surface area contributed by atoms with Crippen molar-refractivity contribution in [2.45, 2.75) is 0 Å². The molecule has 3 aromatic rings. The van der Waals surface area contributed by atoms with Crippen LogP contribution in [0.5, 0.6) is 5.75 Å². The van der Waals surface area contributed by atoms with E-state index in [1.807, 2.05) is 30.3 Å². The molecule has 1 heterocycles. The first kappa shape index (κ1) is 10.8. The number of para-hydroxylation sites is 1. The zero-order chi connectivity index (χ0) is 12.5. The number of fused-ring (bicyclic) bond motifs is 1. The van der Waals surface area contributed by atoms with Crippen LogP contribution in [0.2, 0.25) is 0 Å². The van der Waals surface area contributed by atoms with Crippen molar-refractivity contribution in [3.05, 3.63) is 54.3 Å². The van der Waals surface area contributed by atoms with E-state index in [-0.39, 0.29) is 5.82 Å². The van der Waals surface area contributed by atoms with E-state index < -0.39 is 0 Å². The molecular weight excluding hydrogens is 229 g/mol. The summed E-state index contributed by atoms with van der Waals surface area (Å²) in [5.41, 5.74) is 2.81. The number of H-pyrrole nitrogens is 1. The normalized spacial score (nSPS) is 10.8. The molecular formula is C15H12FNO. The minimum atomic E-state index is -0.229. The largest absolute Gasteiger partial charge is 0.496 e. The SMILES string of the molecule is COc1ccccc1-c1cc2cc(F)ccc2[nH]1. The Labute approximate surface area is 104 Å². The summed E-state index contributed by atoms with van der Waals surface area (Å²) in [4.78, 5) is 3.27. The summed E-state index contributed by atoms with van der Waals surface area (Å²) in [5, 5.41) is 0.857. The zero-order valence-corrected chi connectivity index (χ0v) is 9.91. The Morgan fingerprint density at radius 2 is 1.89 bits per heavy atom. The van der Waals surface area contributed by atoms with E-state index in [9.17, 15) is 4.39 Å². The third-order valence-electron chi connectivity index (χ3n) is 2.98. The Hall–Kier alpha value is -2.29. The standard InChI is InChI=1S/C15H12FNO/c1-18-15-5-3-2-4-12(15)14-9-10-8-11(16)6-7-13(10)17-14/h2-9,17H,1H3. The summed E-state index contributed by atoms with van der Waals surface area (Å²) < 4.78 is 18.5. The Balaban J connectivity index is 2.19. The monoisotopic (exact) mass is 241 g/mol. The van der Waals surface area contributed by atoms with Gasteiger partial charge in [-0.05, 0) is 36.4 Å². The molecule has 3 rings (SSSR count). The number of methoxy groups -OCH3 is 1. The lowest BCUT2D eigenvalue weighted by molar-refractivity contribution is 0.416. The second kappa shape index (κ2) is 4.18. The van der Waals surface area contributed by atoms with Crippen molar-refractivity contribution in [1.29, 1.82) is 0 Å². The average Bonchev–Trinajstić information content (AvgIpc) is 2.81. The van der Waals surface area contributed by atoms with Crippen LogP contribution in [0.15, 0.2) is 48.5 Å². The molecule has 0 spiro atoms. The second-order valence-electron chi connectivity index (χ2n) is 4.11. The number of nitrogens with one attached hydrogen (secondary N) is 1. The number of rotatable bonds is 2. The van der Waals surface area contributed by atoms with Crippen molar-refractivity contribution < 1.29 is 9.13 Å². The van der Waals surface area contributed by atoms with E-state index in [1.54, 1.807) is 13.2 Å². The number of hydrogen-bond acceptors (Lipinski definition) is 1. The minimum absolute atomic E-state index is 0.229. The summed E-state index contributed by atoms with van der Waals surface area (Å²) in [5.74, 6) is 0.567. The second-order valence-corrected chi connectivity index (χ2v) is 4.11. The van der Waals surface area contributed by atoms with Gasteiger partial charge in [0.25, 0.3) is 0 Å². The summed E-state index contributed by atoms with van der Waals surface area (Å²) in [6, 6.07) is 14.4. The van der Waals surface area contributed by atoms with Crippen molar-refractivity contribution in [3.63, 3.8) is 0 Å². The van der Waals surface area contributed by atoms with E-state index >= 15 is 0 Å². The van der Waals surface area contributed by atoms with Crippen molar-refractivity contribution in [2.75, 3.05) is 7.11 Å². The number of halogens is 1. The Morgan fingerprint density at radius 3 is 2.72 bits per heavy atom. The molecule has 0 saturated carbocycles.